The maximum absolute atomic E-state index is 12.2. The van der Waals surface area contributed by atoms with Gasteiger partial charge < -0.3 is 20.7 Å². The van der Waals surface area contributed by atoms with Crippen LogP contribution in [0.5, 0.6) is 0 Å². The summed E-state index contributed by atoms with van der Waals surface area (Å²) in [7, 11) is 0. The zero-order valence-electron chi connectivity index (χ0n) is 11.4. The minimum absolute atomic E-state index is 0.0273. The molecule has 2 unspecified atom stereocenters. The average molecular weight is 281 g/mol. The third-order valence-corrected chi connectivity index (χ3v) is 3.67. The van der Waals surface area contributed by atoms with E-state index in [1.165, 1.54) is 16.9 Å². The molecule has 1 aliphatic heterocycles. The Morgan fingerprint density at radius 3 is 3.05 bits per heavy atom. The molecule has 1 amide bonds. The van der Waals surface area contributed by atoms with Crippen LogP contribution in [0.3, 0.4) is 0 Å². The third-order valence-electron chi connectivity index (χ3n) is 3.67. The van der Waals surface area contributed by atoms with Crippen LogP contribution in [0.15, 0.2) is 12.3 Å². The first kappa shape index (κ1) is 14.4. The molecule has 0 bridgehead atoms. The Kier molecular flexibility index (Phi) is 4.33. The first-order valence-electron chi connectivity index (χ1n) is 6.68. The summed E-state index contributed by atoms with van der Waals surface area (Å²) in [5.74, 6) is -0.00194. The summed E-state index contributed by atoms with van der Waals surface area (Å²) in [6.45, 7) is 3.35. The number of nitrogens with zero attached hydrogens (tertiary/aromatic N) is 4. The number of rotatable bonds is 4. The molecule has 1 aliphatic rings. The van der Waals surface area contributed by atoms with Gasteiger partial charge in [-0.15, -0.1) is 0 Å². The summed E-state index contributed by atoms with van der Waals surface area (Å²) in [6.07, 6.45) is 3.43. The second-order valence-corrected chi connectivity index (χ2v) is 5.23. The van der Waals surface area contributed by atoms with E-state index in [4.69, 9.17) is 5.73 Å². The lowest BCUT2D eigenvalue weighted by molar-refractivity contribution is -0.389. The maximum atomic E-state index is 12.2. The number of aromatic nitrogens is 2. The van der Waals surface area contributed by atoms with Crippen LogP contribution >= 0.6 is 0 Å². The molecule has 0 radical (unpaired) electrons. The zero-order valence-corrected chi connectivity index (χ0v) is 11.4. The zero-order chi connectivity index (χ0) is 14.7. The molecule has 1 aromatic heterocycles. The molecule has 0 aliphatic carbocycles. The quantitative estimate of drug-likeness (QED) is 0.634. The van der Waals surface area contributed by atoms with E-state index in [-0.39, 0.29) is 24.3 Å². The molecule has 20 heavy (non-hydrogen) atoms. The molecular weight excluding hydrogens is 262 g/mol. The van der Waals surface area contributed by atoms with Crippen LogP contribution in [-0.4, -0.2) is 44.6 Å². The van der Waals surface area contributed by atoms with Crippen LogP contribution in [0.1, 0.15) is 19.8 Å². The van der Waals surface area contributed by atoms with E-state index in [9.17, 15) is 14.9 Å². The van der Waals surface area contributed by atoms with Crippen molar-refractivity contribution in [3.8, 4) is 0 Å². The molecular formula is C12H19N5O3. The number of carbonyl (C=O) groups excluding carboxylic acids is 1. The Morgan fingerprint density at radius 2 is 2.45 bits per heavy atom. The van der Waals surface area contributed by atoms with E-state index in [1.807, 2.05) is 6.92 Å². The second kappa shape index (κ2) is 6.00. The van der Waals surface area contributed by atoms with Crippen molar-refractivity contribution in [1.82, 2.24) is 14.7 Å². The Labute approximate surface area is 116 Å². The molecule has 1 aromatic rings. The fourth-order valence-electron chi connectivity index (χ4n) is 2.44. The number of nitrogens with two attached hydrogens (primary N) is 1. The lowest BCUT2D eigenvalue weighted by atomic mass is 9.92. The van der Waals surface area contributed by atoms with Crippen LogP contribution in [0.4, 0.5) is 5.82 Å². The molecule has 0 spiro atoms. The lowest BCUT2D eigenvalue weighted by Crippen LogP contribution is -2.46. The molecule has 0 aromatic carbocycles. The monoisotopic (exact) mass is 281 g/mol. The topological polar surface area (TPSA) is 107 Å². The first-order valence-corrected chi connectivity index (χ1v) is 6.68. The van der Waals surface area contributed by atoms with Crippen LogP contribution < -0.4 is 5.73 Å². The molecule has 8 nitrogen and oxygen atoms in total. The SMILES string of the molecule is CC(N)C1CCCN(C(=O)Cn2ccc([N+](=O)[O-])n2)C1. The van der Waals surface area contributed by atoms with Crippen molar-refractivity contribution < 1.29 is 9.72 Å². The Morgan fingerprint density at radius 1 is 1.70 bits per heavy atom. The smallest absolute Gasteiger partial charge is 0.358 e. The van der Waals surface area contributed by atoms with Gasteiger partial charge in [-0.3, -0.25) is 4.79 Å². The summed E-state index contributed by atoms with van der Waals surface area (Å²) in [5.41, 5.74) is 5.89. The molecule has 110 valence electrons. The molecule has 8 heteroatoms. The largest absolute Gasteiger partial charge is 0.389 e. The van der Waals surface area contributed by atoms with E-state index in [2.05, 4.69) is 5.10 Å². The van der Waals surface area contributed by atoms with Crippen LogP contribution in [-0.2, 0) is 11.3 Å². The van der Waals surface area contributed by atoms with Crippen molar-refractivity contribution in [3.63, 3.8) is 0 Å². The van der Waals surface area contributed by atoms with Crippen LogP contribution in [0.25, 0.3) is 0 Å². The van der Waals surface area contributed by atoms with Crippen molar-refractivity contribution in [1.29, 1.82) is 0 Å². The molecule has 2 atom stereocenters. The van der Waals surface area contributed by atoms with E-state index in [0.29, 0.717) is 19.0 Å². The number of carbonyl (C=O) groups is 1. The van der Waals surface area contributed by atoms with Crippen molar-refractivity contribution in [2.45, 2.75) is 32.4 Å². The summed E-state index contributed by atoms with van der Waals surface area (Å²) >= 11 is 0. The van der Waals surface area contributed by atoms with Gasteiger partial charge in [-0.05, 0) is 30.6 Å². The fraction of sp³-hybridized carbons (Fsp3) is 0.667. The van der Waals surface area contributed by atoms with Crippen molar-refractivity contribution in [2.24, 2.45) is 11.7 Å². The van der Waals surface area contributed by atoms with Gasteiger partial charge in [0.25, 0.3) is 0 Å². The summed E-state index contributed by atoms with van der Waals surface area (Å²) in [5, 5.41) is 14.3. The van der Waals surface area contributed by atoms with Gasteiger partial charge in [0.2, 0.25) is 5.91 Å². The van der Waals surface area contributed by atoms with E-state index in [0.717, 1.165) is 12.8 Å². The standard InChI is InChI=1S/C12H19N5O3/c1-9(13)10-3-2-5-15(7-10)12(18)8-16-6-4-11(14-16)17(19)20/h4,6,9-10H,2-3,5,7-8,13H2,1H3. The summed E-state index contributed by atoms with van der Waals surface area (Å²) < 4.78 is 1.30. The van der Waals surface area contributed by atoms with Gasteiger partial charge in [0.15, 0.2) is 0 Å². The number of amides is 1. The van der Waals surface area contributed by atoms with Gasteiger partial charge in [-0.2, -0.15) is 4.68 Å². The second-order valence-electron chi connectivity index (χ2n) is 5.23. The third kappa shape index (κ3) is 3.32. The Balaban J connectivity index is 1.95. The van der Waals surface area contributed by atoms with Crippen molar-refractivity contribution >= 4 is 11.7 Å². The summed E-state index contributed by atoms with van der Waals surface area (Å²) in [6, 6.07) is 1.35. The van der Waals surface area contributed by atoms with E-state index < -0.39 is 4.92 Å². The normalized spacial score (nSPS) is 20.7. The molecule has 2 heterocycles. The van der Waals surface area contributed by atoms with E-state index >= 15 is 0 Å². The number of hydrogen-bond donors (Lipinski definition) is 1. The first-order chi connectivity index (χ1) is 9.47. The molecule has 2 N–H and O–H groups in total. The van der Waals surface area contributed by atoms with Gasteiger partial charge in [0.05, 0.1) is 17.4 Å². The van der Waals surface area contributed by atoms with Crippen molar-refractivity contribution in [2.75, 3.05) is 13.1 Å². The maximum Gasteiger partial charge on any atom is 0.389 e. The predicted molar refractivity (Wildman–Crippen MR) is 71.8 cm³/mol. The Bertz CT molecular complexity index is 499. The average Bonchev–Trinajstić information content (AvgIpc) is 2.87. The highest BCUT2D eigenvalue weighted by molar-refractivity contribution is 5.76. The van der Waals surface area contributed by atoms with Crippen LogP contribution in [0.2, 0.25) is 0 Å². The molecule has 0 saturated carbocycles. The highest BCUT2D eigenvalue weighted by Crippen LogP contribution is 2.19. The predicted octanol–water partition coefficient (Wildman–Crippen LogP) is 0.377. The minimum atomic E-state index is -0.575. The Hall–Kier alpha value is -1.96. The van der Waals surface area contributed by atoms with Gasteiger partial charge in [-0.25, -0.2) is 0 Å². The van der Waals surface area contributed by atoms with Gasteiger partial charge in [0.1, 0.15) is 6.54 Å². The van der Waals surface area contributed by atoms with Crippen LogP contribution in [0, 0.1) is 16.0 Å². The fourth-order valence-corrected chi connectivity index (χ4v) is 2.44. The lowest BCUT2D eigenvalue weighted by Gasteiger charge is -2.34. The minimum Gasteiger partial charge on any atom is -0.358 e. The number of likely N-dealkylation sites (tertiary alicyclic amines) is 1. The van der Waals surface area contributed by atoms with E-state index in [1.54, 1.807) is 4.90 Å². The molecule has 2 rings (SSSR count). The summed E-state index contributed by atoms with van der Waals surface area (Å²) in [4.78, 5) is 23.9. The highest BCUT2D eigenvalue weighted by atomic mass is 16.6. The number of nitro groups is 1. The molecule has 1 saturated heterocycles. The van der Waals surface area contributed by atoms with Gasteiger partial charge in [0, 0.05) is 19.1 Å². The number of piperidine rings is 1. The molecule has 1 fully saturated rings. The van der Waals surface area contributed by atoms with Gasteiger partial charge >= 0.3 is 5.82 Å². The van der Waals surface area contributed by atoms with Crippen molar-refractivity contribution in [3.05, 3.63) is 22.4 Å². The van der Waals surface area contributed by atoms with Gasteiger partial charge in [-0.1, -0.05) is 0 Å². The number of hydrogen-bond acceptors (Lipinski definition) is 5. The highest BCUT2D eigenvalue weighted by Gasteiger charge is 2.26.